The summed E-state index contributed by atoms with van der Waals surface area (Å²) in [4.78, 5) is 3.84. The minimum atomic E-state index is -0.0789. The normalized spacial score (nSPS) is 13.5. The third-order valence-electron chi connectivity index (χ3n) is 12.6. The smallest absolute Gasteiger partial charge is 0.0540 e. The first-order valence-electron chi connectivity index (χ1n) is 20.7. The molecule has 0 spiro atoms. The van der Waals surface area contributed by atoms with E-state index in [0.717, 1.165) is 29.9 Å². The quantitative estimate of drug-likeness (QED) is 0.156. The average Bonchev–Trinajstić information content (AvgIpc) is 3.78. The van der Waals surface area contributed by atoms with E-state index in [1.165, 1.54) is 87.3 Å². The number of rotatable bonds is 7. The Morgan fingerprint density at radius 1 is 0.458 bits per heavy atom. The zero-order valence-electron chi connectivity index (χ0n) is 33.3. The Balaban J connectivity index is 1.00. The minimum Gasteiger partial charge on any atom is -0.310 e. The van der Waals surface area contributed by atoms with Crippen molar-refractivity contribution in [2.45, 2.75) is 32.1 Å². The zero-order valence-corrected chi connectivity index (χ0v) is 34.1. The van der Waals surface area contributed by atoms with Crippen molar-refractivity contribution in [2.75, 3.05) is 4.90 Å². The van der Waals surface area contributed by atoms with Crippen LogP contribution < -0.4 is 4.90 Å². The zero-order chi connectivity index (χ0) is 39.5. The molecule has 0 radical (unpaired) electrons. The first-order chi connectivity index (χ1) is 29.0. The van der Waals surface area contributed by atoms with E-state index in [-0.39, 0.29) is 5.41 Å². The van der Waals surface area contributed by atoms with Crippen LogP contribution in [0.3, 0.4) is 0 Å². The Kier molecular flexibility index (Phi) is 8.57. The van der Waals surface area contributed by atoms with Gasteiger partial charge in [-0.15, -0.1) is 11.3 Å². The van der Waals surface area contributed by atoms with Gasteiger partial charge in [0.1, 0.15) is 0 Å². The highest BCUT2D eigenvalue weighted by Crippen LogP contribution is 2.51. The fraction of sp³-hybridized carbons (Fsp3) is 0.0877. The van der Waals surface area contributed by atoms with E-state index in [0.29, 0.717) is 0 Å². The molecule has 1 nitrogen and oxygen atoms in total. The van der Waals surface area contributed by atoms with Crippen molar-refractivity contribution in [3.05, 3.63) is 216 Å². The molecule has 0 aliphatic heterocycles. The second-order valence-electron chi connectivity index (χ2n) is 16.4. The van der Waals surface area contributed by atoms with Gasteiger partial charge < -0.3 is 4.90 Å². The summed E-state index contributed by atoms with van der Waals surface area (Å²) >= 11 is 1.92. The highest BCUT2D eigenvalue weighted by molar-refractivity contribution is 7.20. The van der Waals surface area contributed by atoms with Crippen LogP contribution >= 0.6 is 11.3 Å². The highest BCUT2D eigenvalue weighted by atomic mass is 32.1. The molecule has 2 aliphatic carbocycles. The van der Waals surface area contributed by atoms with Crippen LogP contribution in [-0.4, -0.2) is 0 Å². The number of anilines is 3. The third kappa shape index (κ3) is 6.15. The number of hydrogen-bond acceptors (Lipinski definition) is 2. The van der Waals surface area contributed by atoms with Crippen molar-refractivity contribution in [2.24, 2.45) is 0 Å². The van der Waals surface area contributed by atoms with E-state index in [2.05, 4.69) is 219 Å². The molecular formula is C57H43NS. The van der Waals surface area contributed by atoms with Gasteiger partial charge in [0.25, 0.3) is 0 Å². The maximum Gasteiger partial charge on any atom is 0.0540 e. The third-order valence-corrected chi connectivity index (χ3v) is 13.7. The largest absolute Gasteiger partial charge is 0.310 e. The number of benzene rings is 8. The monoisotopic (exact) mass is 773 g/mol. The predicted molar refractivity (Wildman–Crippen MR) is 253 cm³/mol. The van der Waals surface area contributed by atoms with Gasteiger partial charge in [0.2, 0.25) is 0 Å². The molecule has 0 atom stereocenters. The molecular weight excluding hydrogens is 731 g/mol. The van der Waals surface area contributed by atoms with E-state index in [1.807, 2.05) is 11.3 Å². The Hall–Kier alpha value is -6.74. The van der Waals surface area contributed by atoms with Crippen molar-refractivity contribution >= 4 is 44.6 Å². The second kappa shape index (κ2) is 14.3. The Bertz CT molecular complexity index is 3060. The van der Waals surface area contributed by atoms with Crippen LogP contribution in [0.1, 0.15) is 41.8 Å². The fourth-order valence-electron chi connectivity index (χ4n) is 9.49. The van der Waals surface area contributed by atoms with Crippen LogP contribution in [0.4, 0.5) is 17.1 Å². The molecule has 59 heavy (non-hydrogen) atoms. The van der Waals surface area contributed by atoms with Crippen LogP contribution in [0.15, 0.2) is 194 Å². The van der Waals surface area contributed by atoms with Gasteiger partial charge in [-0.1, -0.05) is 159 Å². The van der Waals surface area contributed by atoms with Crippen LogP contribution in [0.5, 0.6) is 0 Å². The lowest BCUT2D eigenvalue weighted by molar-refractivity contribution is 0.660. The van der Waals surface area contributed by atoms with Gasteiger partial charge in [-0.3, -0.25) is 0 Å². The maximum atomic E-state index is 2.43. The van der Waals surface area contributed by atoms with E-state index >= 15 is 0 Å². The lowest BCUT2D eigenvalue weighted by atomic mass is 9.81. The summed E-state index contributed by atoms with van der Waals surface area (Å²) in [7, 11) is 0. The molecule has 0 saturated carbocycles. The van der Waals surface area contributed by atoms with Gasteiger partial charge in [0.05, 0.1) is 5.69 Å². The highest BCUT2D eigenvalue weighted by Gasteiger charge is 2.36. The Morgan fingerprint density at radius 2 is 1.10 bits per heavy atom. The van der Waals surface area contributed by atoms with E-state index in [4.69, 9.17) is 0 Å². The SMILES string of the molecule is CC1(C)c2ccc(-c3ccc(N(c4cccc(-c5ccccc5)c4)c4ccccc4-c4ccc5c6c(sc5c4)C=CCC6)cc3)cc2-c2ccc(-c3ccccc3)cc21. The lowest BCUT2D eigenvalue weighted by Crippen LogP contribution is -2.15. The van der Waals surface area contributed by atoms with Crippen molar-refractivity contribution in [1.82, 2.24) is 0 Å². The molecule has 282 valence electrons. The molecule has 0 saturated heterocycles. The number of allylic oxidation sites excluding steroid dienone is 1. The Labute approximate surface area is 351 Å². The van der Waals surface area contributed by atoms with Crippen molar-refractivity contribution in [1.29, 1.82) is 0 Å². The first-order valence-corrected chi connectivity index (χ1v) is 21.5. The van der Waals surface area contributed by atoms with Crippen molar-refractivity contribution in [3.8, 4) is 55.6 Å². The van der Waals surface area contributed by atoms with Crippen molar-refractivity contribution in [3.63, 3.8) is 0 Å². The number of fused-ring (bicyclic) bond motifs is 6. The lowest BCUT2D eigenvalue weighted by Gasteiger charge is -2.28. The Morgan fingerprint density at radius 3 is 1.90 bits per heavy atom. The van der Waals surface area contributed by atoms with Gasteiger partial charge >= 0.3 is 0 Å². The number of para-hydroxylation sites is 1. The van der Waals surface area contributed by atoms with Gasteiger partial charge in [-0.05, 0) is 140 Å². The molecule has 0 bridgehead atoms. The minimum absolute atomic E-state index is 0.0789. The van der Waals surface area contributed by atoms with Crippen LogP contribution in [0.25, 0.3) is 71.8 Å². The average molecular weight is 774 g/mol. The van der Waals surface area contributed by atoms with E-state index < -0.39 is 0 Å². The molecule has 0 unspecified atom stereocenters. The summed E-state index contributed by atoms with van der Waals surface area (Å²) < 4.78 is 1.35. The molecule has 2 heteroatoms. The van der Waals surface area contributed by atoms with Crippen LogP contribution in [0, 0.1) is 0 Å². The number of aryl methyl sites for hydroxylation is 1. The van der Waals surface area contributed by atoms with E-state index in [1.54, 1.807) is 0 Å². The first kappa shape index (κ1) is 35.4. The summed E-state index contributed by atoms with van der Waals surface area (Å²) in [6, 6.07) is 69.6. The molecule has 11 rings (SSSR count). The molecule has 2 aliphatic rings. The van der Waals surface area contributed by atoms with Gasteiger partial charge in [-0.25, -0.2) is 0 Å². The predicted octanol–water partition coefficient (Wildman–Crippen LogP) is 16.3. The van der Waals surface area contributed by atoms with Gasteiger partial charge in [-0.2, -0.15) is 0 Å². The number of thiophene rings is 1. The summed E-state index contributed by atoms with van der Waals surface area (Å²) in [6.45, 7) is 4.73. The topological polar surface area (TPSA) is 3.24 Å². The molecule has 0 amide bonds. The second-order valence-corrected chi connectivity index (χ2v) is 17.5. The standard InChI is InChI=1S/C57H43NS/c1-57(2)52-33-28-42(35-51(52)48-31-26-43(36-53(48)57)39-16-7-4-8-17-39)40-24-29-45(30-25-40)58(46-19-13-18-41(34-46)38-14-5-3-6-15-38)54-22-11-9-20-47(54)44-27-32-50-49-21-10-12-23-55(49)59-56(50)37-44/h3-9,11-20,22-37H,10,21H2,1-2H3. The molecule has 8 aromatic carbocycles. The summed E-state index contributed by atoms with van der Waals surface area (Å²) in [5.74, 6) is 0. The fourth-order valence-corrected chi connectivity index (χ4v) is 10.7. The van der Waals surface area contributed by atoms with E-state index in [9.17, 15) is 0 Å². The number of hydrogen-bond donors (Lipinski definition) is 0. The maximum absolute atomic E-state index is 2.43. The number of nitrogens with zero attached hydrogens (tertiary/aromatic N) is 1. The molecule has 9 aromatic rings. The van der Waals surface area contributed by atoms with Gasteiger partial charge in [0.15, 0.2) is 0 Å². The van der Waals surface area contributed by atoms with Crippen LogP contribution in [-0.2, 0) is 11.8 Å². The van der Waals surface area contributed by atoms with Gasteiger partial charge in [0, 0.05) is 31.9 Å². The summed E-state index contributed by atoms with van der Waals surface area (Å²) in [5.41, 5.74) is 20.0. The molecule has 1 heterocycles. The molecule has 0 fully saturated rings. The molecule has 0 N–H and O–H groups in total. The summed E-state index contributed by atoms with van der Waals surface area (Å²) in [6.07, 6.45) is 6.86. The van der Waals surface area contributed by atoms with Crippen molar-refractivity contribution < 1.29 is 0 Å². The van der Waals surface area contributed by atoms with Crippen LogP contribution in [0.2, 0.25) is 0 Å². The summed E-state index contributed by atoms with van der Waals surface area (Å²) in [5, 5.41) is 1.40. The molecule has 1 aromatic heterocycles.